The molecule has 3 aromatic rings. The second kappa shape index (κ2) is 4.10. The minimum absolute atomic E-state index is 0.0136. The lowest BCUT2D eigenvalue weighted by Crippen LogP contribution is -2.08. The molecule has 0 saturated carbocycles. The SMILES string of the molecule is N#CCC1Nc2ccccc2-c2ccnc3[nH]cc1c23. The average molecular weight is 260 g/mol. The molecule has 4 nitrogen and oxygen atoms in total. The van der Waals surface area contributed by atoms with Gasteiger partial charge in [0.2, 0.25) is 0 Å². The Balaban J connectivity index is 2.10. The van der Waals surface area contributed by atoms with Crippen LogP contribution in [0, 0.1) is 11.3 Å². The van der Waals surface area contributed by atoms with Gasteiger partial charge in [-0.25, -0.2) is 4.98 Å². The highest BCUT2D eigenvalue weighted by Gasteiger charge is 2.24. The molecule has 0 fully saturated rings. The highest BCUT2D eigenvalue weighted by molar-refractivity contribution is 6.00. The zero-order valence-electron chi connectivity index (χ0n) is 10.7. The first-order valence-electron chi connectivity index (χ1n) is 6.57. The lowest BCUT2D eigenvalue weighted by molar-refractivity contribution is 0.816. The van der Waals surface area contributed by atoms with Gasteiger partial charge in [0.1, 0.15) is 5.65 Å². The minimum Gasteiger partial charge on any atom is -0.377 e. The van der Waals surface area contributed by atoms with Crippen molar-refractivity contribution >= 4 is 16.7 Å². The molecule has 0 bridgehead atoms. The van der Waals surface area contributed by atoms with E-state index >= 15 is 0 Å². The Labute approximate surface area is 116 Å². The normalized spacial score (nSPS) is 16.1. The monoisotopic (exact) mass is 260 g/mol. The number of fused-ring (bicyclic) bond motifs is 2. The molecule has 1 aromatic carbocycles. The van der Waals surface area contributed by atoms with E-state index in [1.54, 1.807) is 0 Å². The number of nitrogens with zero attached hydrogens (tertiary/aromatic N) is 2. The zero-order chi connectivity index (χ0) is 13.5. The minimum atomic E-state index is -0.0136. The zero-order valence-corrected chi connectivity index (χ0v) is 10.7. The third-order valence-electron chi connectivity index (χ3n) is 3.82. The molecule has 0 amide bonds. The number of rotatable bonds is 1. The number of pyridine rings is 1. The number of para-hydroxylation sites is 1. The summed E-state index contributed by atoms with van der Waals surface area (Å²) in [5.74, 6) is 0. The molecule has 1 aliphatic rings. The van der Waals surface area contributed by atoms with Gasteiger partial charge in [0.15, 0.2) is 0 Å². The fraction of sp³-hybridized carbons (Fsp3) is 0.125. The topological polar surface area (TPSA) is 64.5 Å². The van der Waals surface area contributed by atoms with Crippen molar-refractivity contribution in [2.45, 2.75) is 12.5 Å². The first-order chi connectivity index (χ1) is 9.88. The summed E-state index contributed by atoms with van der Waals surface area (Å²) in [5, 5.41) is 13.7. The highest BCUT2D eigenvalue weighted by Crippen LogP contribution is 2.41. The molecule has 0 spiro atoms. The molecule has 2 N–H and O–H groups in total. The van der Waals surface area contributed by atoms with Crippen LogP contribution in [0.3, 0.4) is 0 Å². The third kappa shape index (κ3) is 1.44. The van der Waals surface area contributed by atoms with E-state index in [-0.39, 0.29) is 6.04 Å². The molecule has 4 rings (SSSR count). The number of hydrogen-bond donors (Lipinski definition) is 2. The molecule has 0 radical (unpaired) electrons. The van der Waals surface area contributed by atoms with E-state index in [0.29, 0.717) is 6.42 Å². The van der Waals surface area contributed by atoms with Gasteiger partial charge in [0, 0.05) is 34.6 Å². The van der Waals surface area contributed by atoms with Crippen molar-refractivity contribution in [2.75, 3.05) is 5.32 Å². The predicted molar refractivity (Wildman–Crippen MR) is 78.1 cm³/mol. The molecule has 20 heavy (non-hydrogen) atoms. The molecular weight excluding hydrogens is 248 g/mol. The molecule has 1 unspecified atom stereocenters. The Morgan fingerprint density at radius 3 is 3.00 bits per heavy atom. The molecule has 2 aromatic heterocycles. The largest absolute Gasteiger partial charge is 0.377 e. The van der Waals surface area contributed by atoms with Gasteiger partial charge in [-0.15, -0.1) is 0 Å². The van der Waals surface area contributed by atoms with Gasteiger partial charge >= 0.3 is 0 Å². The van der Waals surface area contributed by atoms with Crippen molar-refractivity contribution in [3.63, 3.8) is 0 Å². The Hall–Kier alpha value is -2.80. The highest BCUT2D eigenvalue weighted by atomic mass is 14.9. The Bertz CT molecular complexity index is 841. The fourth-order valence-corrected chi connectivity index (χ4v) is 2.94. The van der Waals surface area contributed by atoms with Crippen LogP contribution in [0.4, 0.5) is 5.69 Å². The van der Waals surface area contributed by atoms with Crippen molar-refractivity contribution in [1.82, 2.24) is 9.97 Å². The maximum absolute atomic E-state index is 9.08. The van der Waals surface area contributed by atoms with Crippen molar-refractivity contribution < 1.29 is 0 Å². The lowest BCUT2D eigenvalue weighted by Gasteiger charge is -2.15. The number of hydrogen-bond acceptors (Lipinski definition) is 3. The van der Waals surface area contributed by atoms with Gasteiger partial charge in [0.05, 0.1) is 18.5 Å². The van der Waals surface area contributed by atoms with Crippen LogP contribution in [0.2, 0.25) is 0 Å². The van der Waals surface area contributed by atoms with Crippen LogP contribution >= 0.6 is 0 Å². The predicted octanol–water partition coefficient (Wildman–Crippen LogP) is 3.61. The van der Waals surface area contributed by atoms with Gasteiger partial charge in [0.25, 0.3) is 0 Å². The summed E-state index contributed by atoms with van der Waals surface area (Å²) < 4.78 is 0. The first-order valence-corrected chi connectivity index (χ1v) is 6.57. The molecule has 96 valence electrons. The van der Waals surface area contributed by atoms with Crippen LogP contribution in [0.5, 0.6) is 0 Å². The maximum Gasteiger partial charge on any atom is 0.138 e. The quantitative estimate of drug-likeness (QED) is 0.702. The second-order valence-corrected chi connectivity index (χ2v) is 4.93. The molecule has 0 saturated heterocycles. The number of H-pyrrole nitrogens is 1. The summed E-state index contributed by atoms with van der Waals surface area (Å²) in [6, 6.07) is 12.5. The van der Waals surface area contributed by atoms with Gasteiger partial charge in [-0.3, -0.25) is 0 Å². The Kier molecular flexibility index (Phi) is 2.27. The summed E-state index contributed by atoms with van der Waals surface area (Å²) in [7, 11) is 0. The van der Waals surface area contributed by atoms with E-state index < -0.39 is 0 Å². The summed E-state index contributed by atoms with van der Waals surface area (Å²) >= 11 is 0. The van der Waals surface area contributed by atoms with E-state index in [1.807, 2.05) is 30.6 Å². The van der Waals surface area contributed by atoms with Gasteiger partial charge in [-0.05, 0) is 17.7 Å². The van der Waals surface area contributed by atoms with Crippen molar-refractivity contribution in [3.05, 3.63) is 48.3 Å². The standard InChI is InChI=1S/C16H12N4/c17-7-5-14-12-9-19-16-15(12)11(6-8-18-16)10-3-1-2-4-13(10)20-14/h1-4,6,8-9,14,20H,5H2,(H,18,19). The molecule has 4 heteroatoms. The van der Waals surface area contributed by atoms with E-state index in [2.05, 4.69) is 33.5 Å². The number of anilines is 1. The van der Waals surface area contributed by atoms with Crippen LogP contribution in [0.1, 0.15) is 18.0 Å². The van der Waals surface area contributed by atoms with Crippen LogP contribution in [0.15, 0.2) is 42.7 Å². The number of aromatic nitrogens is 2. The maximum atomic E-state index is 9.08. The van der Waals surface area contributed by atoms with E-state index in [0.717, 1.165) is 33.4 Å². The van der Waals surface area contributed by atoms with Crippen molar-refractivity contribution in [1.29, 1.82) is 5.26 Å². The number of benzene rings is 1. The van der Waals surface area contributed by atoms with E-state index in [4.69, 9.17) is 5.26 Å². The lowest BCUT2D eigenvalue weighted by atomic mass is 10.00. The molecular formula is C16H12N4. The Morgan fingerprint density at radius 2 is 2.10 bits per heavy atom. The summed E-state index contributed by atoms with van der Waals surface area (Å²) in [6.45, 7) is 0. The fourth-order valence-electron chi connectivity index (χ4n) is 2.94. The van der Waals surface area contributed by atoms with E-state index in [1.165, 1.54) is 0 Å². The van der Waals surface area contributed by atoms with Crippen LogP contribution in [-0.4, -0.2) is 9.97 Å². The van der Waals surface area contributed by atoms with Crippen molar-refractivity contribution in [3.8, 4) is 17.2 Å². The Morgan fingerprint density at radius 1 is 1.20 bits per heavy atom. The van der Waals surface area contributed by atoms with Crippen LogP contribution in [-0.2, 0) is 0 Å². The number of nitriles is 1. The third-order valence-corrected chi connectivity index (χ3v) is 3.82. The first kappa shape index (κ1) is 11.1. The summed E-state index contributed by atoms with van der Waals surface area (Å²) in [5.41, 5.74) is 5.37. The van der Waals surface area contributed by atoms with Gasteiger partial charge in [-0.2, -0.15) is 5.26 Å². The van der Waals surface area contributed by atoms with Crippen LogP contribution in [0.25, 0.3) is 22.2 Å². The van der Waals surface area contributed by atoms with E-state index in [9.17, 15) is 0 Å². The van der Waals surface area contributed by atoms with Gasteiger partial charge < -0.3 is 10.3 Å². The average Bonchev–Trinajstić information content (AvgIpc) is 2.85. The molecule has 3 heterocycles. The second-order valence-electron chi connectivity index (χ2n) is 4.93. The summed E-state index contributed by atoms with van der Waals surface area (Å²) in [6.07, 6.45) is 4.21. The van der Waals surface area contributed by atoms with Gasteiger partial charge in [-0.1, -0.05) is 18.2 Å². The number of nitrogens with one attached hydrogen (secondary N) is 2. The number of aromatic amines is 1. The molecule has 0 aliphatic carbocycles. The van der Waals surface area contributed by atoms with Crippen molar-refractivity contribution in [2.24, 2.45) is 0 Å². The van der Waals surface area contributed by atoms with Crippen LogP contribution < -0.4 is 5.32 Å². The molecule has 1 atom stereocenters. The summed E-state index contributed by atoms with van der Waals surface area (Å²) in [4.78, 5) is 7.59. The smallest absolute Gasteiger partial charge is 0.138 e. The molecule has 1 aliphatic heterocycles.